The van der Waals surface area contributed by atoms with E-state index in [4.69, 9.17) is 5.73 Å². The molecular weight excluding hydrogens is 166 g/mol. The second-order valence-corrected chi connectivity index (χ2v) is 3.25. The number of likely N-dealkylation sites (N-methyl/N-ethyl adjacent to an activating group) is 1. The molecule has 4 heteroatoms. The highest BCUT2D eigenvalue weighted by Crippen LogP contribution is 2.00. The Morgan fingerprint density at radius 1 is 1.62 bits per heavy atom. The van der Waals surface area contributed by atoms with Crippen LogP contribution in [0.3, 0.4) is 0 Å². The van der Waals surface area contributed by atoms with Crippen molar-refractivity contribution >= 4 is 5.91 Å². The Kier molecular flexibility index (Phi) is 3.08. The standard InChI is InChI=1S/C9H15N3O/c1-11(2)6-7-12-5-3-4-8(12)9(10)13/h3-5H,6-7H2,1-2H3,(H2,10,13). The summed E-state index contributed by atoms with van der Waals surface area (Å²) in [6, 6.07) is 3.56. The summed E-state index contributed by atoms with van der Waals surface area (Å²) in [5.41, 5.74) is 5.76. The van der Waals surface area contributed by atoms with Gasteiger partial charge in [-0.2, -0.15) is 0 Å². The molecule has 2 N–H and O–H groups in total. The van der Waals surface area contributed by atoms with Gasteiger partial charge in [0, 0.05) is 19.3 Å². The van der Waals surface area contributed by atoms with Crippen molar-refractivity contribution in [1.29, 1.82) is 0 Å². The maximum Gasteiger partial charge on any atom is 0.265 e. The summed E-state index contributed by atoms with van der Waals surface area (Å²) < 4.78 is 1.86. The Hall–Kier alpha value is -1.29. The third-order valence-electron chi connectivity index (χ3n) is 1.87. The number of carbonyl (C=O) groups excluding carboxylic acids is 1. The van der Waals surface area contributed by atoms with E-state index in [-0.39, 0.29) is 5.91 Å². The van der Waals surface area contributed by atoms with Gasteiger partial charge in [-0.15, -0.1) is 0 Å². The molecule has 72 valence electrons. The lowest BCUT2D eigenvalue weighted by atomic mass is 10.4. The number of hydrogen-bond acceptors (Lipinski definition) is 2. The van der Waals surface area contributed by atoms with Crippen molar-refractivity contribution in [2.45, 2.75) is 6.54 Å². The van der Waals surface area contributed by atoms with Crippen molar-refractivity contribution in [3.05, 3.63) is 24.0 Å². The number of hydrogen-bond donors (Lipinski definition) is 1. The zero-order chi connectivity index (χ0) is 9.84. The molecule has 0 aliphatic carbocycles. The van der Waals surface area contributed by atoms with E-state index in [1.54, 1.807) is 6.07 Å². The van der Waals surface area contributed by atoms with Gasteiger partial charge in [0.2, 0.25) is 0 Å². The molecule has 0 saturated carbocycles. The van der Waals surface area contributed by atoms with Gasteiger partial charge in [-0.1, -0.05) is 0 Å². The first-order chi connectivity index (χ1) is 6.11. The average molecular weight is 181 g/mol. The fraction of sp³-hybridized carbons (Fsp3) is 0.444. The smallest absolute Gasteiger partial charge is 0.265 e. The zero-order valence-electron chi connectivity index (χ0n) is 8.03. The number of primary amides is 1. The van der Waals surface area contributed by atoms with Crippen molar-refractivity contribution in [3.63, 3.8) is 0 Å². The number of nitrogens with two attached hydrogens (primary N) is 1. The molecule has 0 aromatic carbocycles. The van der Waals surface area contributed by atoms with Crippen LogP contribution >= 0.6 is 0 Å². The number of nitrogens with zero attached hydrogens (tertiary/aromatic N) is 2. The van der Waals surface area contributed by atoms with Crippen LogP contribution in [-0.4, -0.2) is 36.0 Å². The first-order valence-electron chi connectivity index (χ1n) is 4.21. The van der Waals surface area contributed by atoms with E-state index >= 15 is 0 Å². The molecule has 0 bridgehead atoms. The van der Waals surface area contributed by atoms with Gasteiger partial charge >= 0.3 is 0 Å². The topological polar surface area (TPSA) is 51.3 Å². The molecule has 1 amide bonds. The fourth-order valence-corrected chi connectivity index (χ4v) is 1.14. The summed E-state index contributed by atoms with van der Waals surface area (Å²) in [5.74, 6) is -0.372. The predicted octanol–water partition coefficient (Wildman–Crippen LogP) is 0.149. The molecule has 0 atom stereocenters. The van der Waals surface area contributed by atoms with E-state index in [0.717, 1.165) is 13.1 Å². The Bertz CT molecular complexity index is 291. The number of aromatic nitrogens is 1. The predicted molar refractivity (Wildman–Crippen MR) is 51.5 cm³/mol. The van der Waals surface area contributed by atoms with Crippen LogP contribution < -0.4 is 5.73 Å². The number of rotatable bonds is 4. The second kappa shape index (κ2) is 4.09. The summed E-state index contributed by atoms with van der Waals surface area (Å²) in [5, 5.41) is 0. The van der Waals surface area contributed by atoms with E-state index in [9.17, 15) is 4.79 Å². The fourth-order valence-electron chi connectivity index (χ4n) is 1.14. The Balaban J connectivity index is 2.65. The Labute approximate surface area is 77.9 Å². The summed E-state index contributed by atoms with van der Waals surface area (Å²) in [7, 11) is 3.99. The highest BCUT2D eigenvalue weighted by molar-refractivity contribution is 5.91. The van der Waals surface area contributed by atoms with Crippen LogP contribution in [0, 0.1) is 0 Å². The molecule has 13 heavy (non-hydrogen) atoms. The van der Waals surface area contributed by atoms with Crippen LogP contribution in [0.1, 0.15) is 10.5 Å². The Morgan fingerprint density at radius 3 is 2.85 bits per heavy atom. The van der Waals surface area contributed by atoms with Gasteiger partial charge < -0.3 is 15.2 Å². The first-order valence-corrected chi connectivity index (χ1v) is 4.21. The quantitative estimate of drug-likeness (QED) is 0.718. The Morgan fingerprint density at radius 2 is 2.31 bits per heavy atom. The molecule has 0 fully saturated rings. The molecule has 0 aliphatic heterocycles. The van der Waals surface area contributed by atoms with E-state index in [0.29, 0.717) is 5.69 Å². The second-order valence-electron chi connectivity index (χ2n) is 3.25. The van der Waals surface area contributed by atoms with Gasteiger partial charge in [-0.25, -0.2) is 0 Å². The molecular formula is C9H15N3O. The van der Waals surface area contributed by atoms with Crippen LogP contribution in [0.2, 0.25) is 0 Å². The van der Waals surface area contributed by atoms with Crippen LogP contribution in [0.5, 0.6) is 0 Å². The monoisotopic (exact) mass is 181 g/mol. The molecule has 4 nitrogen and oxygen atoms in total. The molecule has 0 saturated heterocycles. The highest BCUT2D eigenvalue weighted by atomic mass is 16.1. The molecule has 1 heterocycles. The lowest BCUT2D eigenvalue weighted by Crippen LogP contribution is -2.22. The third-order valence-corrected chi connectivity index (χ3v) is 1.87. The first kappa shape index (κ1) is 9.80. The molecule has 1 rings (SSSR count). The maximum atomic E-state index is 10.9. The molecule has 1 aromatic rings. The molecule has 0 aliphatic rings. The average Bonchev–Trinajstić information content (AvgIpc) is 2.47. The van der Waals surface area contributed by atoms with Crippen molar-refractivity contribution < 1.29 is 4.79 Å². The lowest BCUT2D eigenvalue weighted by Gasteiger charge is -2.11. The van der Waals surface area contributed by atoms with Crippen molar-refractivity contribution in [3.8, 4) is 0 Å². The number of carbonyl (C=O) groups is 1. The van der Waals surface area contributed by atoms with Gasteiger partial charge in [-0.05, 0) is 26.2 Å². The lowest BCUT2D eigenvalue weighted by molar-refractivity contribution is 0.0991. The zero-order valence-corrected chi connectivity index (χ0v) is 8.03. The minimum Gasteiger partial charge on any atom is -0.364 e. The highest BCUT2D eigenvalue weighted by Gasteiger charge is 2.05. The van der Waals surface area contributed by atoms with E-state index in [1.807, 2.05) is 30.9 Å². The summed E-state index contributed by atoms with van der Waals surface area (Å²) in [6.07, 6.45) is 1.86. The minimum absolute atomic E-state index is 0.372. The van der Waals surface area contributed by atoms with Gasteiger partial charge in [-0.3, -0.25) is 4.79 Å². The van der Waals surface area contributed by atoms with E-state index < -0.39 is 0 Å². The summed E-state index contributed by atoms with van der Waals surface area (Å²) in [4.78, 5) is 13.0. The van der Waals surface area contributed by atoms with Crippen LogP contribution in [-0.2, 0) is 6.54 Å². The maximum absolute atomic E-state index is 10.9. The molecule has 0 unspecified atom stereocenters. The van der Waals surface area contributed by atoms with E-state index in [1.165, 1.54) is 0 Å². The van der Waals surface area contributed by atoms with Crippen LogP contribution in [0.15, 0.2) is 18.3 Å². The van der Waals surface area contributed by atoms with Gasteiger partial charge in [0.1, 0.15) is 5.69 Å². The molecule has 0 spiro atoms. The molecule has 0 radical (unpaired) electrons. The summed E-state index contributed by atoms with van der Waals surface area (Å²) in [6.45, 7) is 1.69. The van der Waals surface area contributed by atoms with Crippen molar-refractivity contribution in [2.24, 2.45) is 5.73 Å². The normalized spacial score (nSPS) is 10.7. The SMILES string of the molecule is CN(C)CCn1cccc1C(N)=O. The third kappa shape index (κ3) is 2.59. The van der Waals surface area contributed by atoms with Gasteiger partial charge in [0.25, 0.3) is 5.91 Å². The van der Waals surface area contributed by atoms with Crippen molar-refractivity contribution in [2.75, 3.05) is 20.6 Å². The van der Waals surface area contributed by atoms with Crippen LogP contribution in [0.25, 0.3) is 0 Å². The molecule has 1 aromatic heterocycles. The van der Waals surface area contributed by atoms with Gasteiger partial charge in [0.15, 0.2) is 0 Å². The van der Waals surface area contributed by atoms with Crippen molar-refractivity contribution in [1.82, 2.24) is 9.47 Å². The summed E-state index contributed by atoms with van der Waals surface area (Å²) >= 11 is 0. The number of amides is 1. The largest absolute Gasteiger partial charge is 0.364 e. The minimum atomic E-state index is -0.372. The van der Waals surface area contributed by atoms with Gasteiger partial charge in [0.05, 0.1) is 0 Å². The van der Waals surface area contributed by atoms with Crippen LogP contribution in [0.4, 0.5) is 0 Å². The van der Waals surface area contributed by atoms with E-state index in [2.05, 4.69) is 4.90 Å².